The van der Waals surface area contributed by atoms with Crippen LogP contribution in [0.1, 0.15) is 41.1 Å². The Hall–Kier alpha value is -2.02. The minimum Gasteiger partial charge on any atom is -0.338 e. The van der Waals surface area contributed by atoms with E-state index < -0.39 is 0 Å². The molecule has 7 heteroatoms. The van der Waals surface area contributed by atoms with Gasteiger partial charge in [-0.25, -0.2) is 9.97 Å². The van der Waals surface area contributed by atoms with Crippen molar-refractivity contribution in [2.24, 2.45) is 5.92 Å². The van der Waals surface area contributed by atoms with Crippen LogP contribution in [-0.4, -0.2) is 70.9 Å². The first-order chi connectivity index (χ1) is 12.0. The van der Waals surface area contributed by atoms with Gasteiger partial charge in [0.05, 0.1) is 11.3 Å². The lowest BCUT2D eigenvalue weighted by Gasteiger charge is -2.47. The molecular formula is C18H27N5O2. The van der Waals surface area contributed by atoms with Crippen LogP contribution in [0.2, 0.25) is 0 Å². The van der Waals surface area contributed by atoms with E-state index in [-0.39, 0.29) is 17.9 Å². The smallest absolute Gasteiger partial charge is 0.257 e. The Labute approximate surface area is 148 Å². The Morgan fingerprint density at radius 3 is 2.88 bits per heavy atom. The van der Waals surface area contributed by atoms with Crippen molar-refractivity contribution in [3.8, 4) is 0 Å². The van der Waals surface area contributed by atoms with Gasteiger partial charge in [-0.05, 0) is 39.7 Å². The van der Waals surface area contributed by atoms with E-state index in [4.69, 9.17) is 0 Å². The van der Waals surface area contributed by atoms with Gasteiger partial charge in [-0.1, -0.05) is 0 Å². The van der Waals surface area contributed by atoms with Crippen molar-refractivity contribution in [2.75, 3.05) is 33.2 Å². The SMILES string of the molecule is CNCCN1C(=O)CCC2CN(C(=O)c3cnc(C)nc3C)CCC21. The van der Waals surface area contributed by atoms with E-state index in [1.807, 2.05) is 30.7 Å². The number of hydrogen-bond acceptors (Lipinski definition) is 5. The first kappa shape index (κ1) is 17.8. The number of hydrogen-bond donors (Lipinski definition) is 1. The number of piperidine rings is 2. The highest BCUT2D eigenvalue weighted by Gasteiger charge is 2.40. The summed E-state index contributed by atoms with van der Waals surface area (Å²) < 4.78 is 0. The first-order valence-electron chi connectivity index (χ1n) is 9.05. The van der Waals surface area contributed by atoms with E-state index in [9.17, 15) is 9.59 Å². The second-order valence-corrected chi connectivity index (χ2v) is 7.01. The largest absolute Gasteiger partial charge is 0.338 e. The maximum atomic E-state index is 12.9. The van der Waals surface area contributed by atoms with Crippen LogP contribution in [0.15, 0.2) is 6.20 Å². The normalized spacial score (nSPS) is 23.6. The van der Waals surface area contributed by atoms with Crippen molar-refractivity contribution in [3.05, 3.63) is 23.3 Å². The number of likely N-dealkylation sites (tertiary alicyclic amines) is 2. The monoisotopic (exact) mass is 345 g/mol. The van der Waals surface area contributed by atoms with Gasteiger partial charge in [-0.2, -0.15) is 0 Å². The number of nitrogens with one attached hydrogen (secondary N) is 1. The molecule has 0 saturated carbocycles. The van der Waals surface area contributed by atoms with Crippen LogP contribution in [0.3, 0.4) is 0 Å². The van der Waals surface area contributed by atoms with Gasteiger partial charge in [-0.15, -0.1) is 0 Å². The predicted molar refractivity (Wildman–Crippen MR) is 94.2 cm³/mol. The summed E-state index contributed by atoms with van der Waals surface area (Å²) in [4.78, 5) is 37.6. The molecule has 0 radical (unpaired) electrons. The maximum absolute atomic E-state index is 12.9. The summed E-state index contributed by atoms with van der Waals surface area (Å²) in [5, 5.41) is 3.12. The highest BCUT2D eigenvalue weighted by Crippen LogP contribution is 2.31. The fraction of sp³-hybridized carbons (Fsp3) is 0.667. The molecule has 0 spiro atoms. The minimum atomic E-state index is 0.00891. The van der Waals surface area contributed by atoms with Gasteiger partial charge >= 0.3 is 0 Å². The van der Waals surface area contributed by atoms with Gasteiger partial charge in [0.25, 0.3) is 5.91 Å². The predicted octanol–water partition coefficient (Wildman–Crippen LogP) is 0.766. The second kappa shape index (κ2) is 7.47. The summed E-state index contributed by atoms with van der Waals surface area (Å²) in [7, 11) is 1.90. The number of likely N-dealkylation sites (N-methyl/N-ethyl adjacent to an activating group) is 1. The summed E-state index contributed by atoms with van der Waals surface area (Å²) in [6, 6.07) is 0.258. The van der Waals surface area contributed by atoms with Crippen molar-refractivity contribution in [1.82, 2.24) is 25.1 Å². The summed E-state index contributed by atoms with van der Waals surface area (Å²) >= 11 is 0. The van der Waals surface area contributed by atoms with E-state index in [0.717, 1.165) is 31.6 Å². The van der Waals surface area contributed by atoms with E-state index in [1.165, 1.54) is 0 Å². The number of rotatable bonds is 4. The zero-order chi connectivity index (χ0) is 18.0. The molecule has 3 heterocycles. The number of carbonyl (C=O) groups is 2. The van der Waals surface area contributed by atoms with Crippen LogP contribution in [-0.2, 0) is 4.79 Å². The van der Waals surface area contributed by atoms with Crippen molar-refractivity contribution in [3.63, 3.8) is 0 Å². The number of aryl methyl sites for hydroxylation is 2. The Balaban J connectivity index is 1.70. The van der Waals surface area contributed by atoms with Crippen LogP contribution < -0.4 is 5.32 Å². The number of fused-ring (bicyclic) bond motifs is 1. The molecule has 0 aromatic carbocycles. The van der Waals surface area contributed by atoms with Crippen molar-refractivity contribution < 1.29 is 9.59 Å². The summed E-state index contributed by atoms with van der Waals surface area (Å²) in [6.07, 6.45) is 3.93. The minimum absolute atomic E-state index is 0.00891. The van der Waals surface area contributed by atoms with Gasteiger partial charge in [-0.3, -0.25) is 9.59 Å². The molecule has 7 nitrogen and oxygen atoms in total. The molecule has 2 fully saturated rings. The average Bonchev–Trinajstić information content (AvgIpc) is 2.60. The molecule has 25 heavy (non-hydrogen) atoms. The van der Waals surface area contributed by atoms with Crippen molar-refractivity contribution in [2.45, 2.75) is 39.2 Å². The van der Waals surface area contributed by atoms with Crippen molar-refractivity contribution in [1.29, 1.82) is 0 Å². The van der Waals surface area contributed by atoms with Gasteiger partial charge in [0.2, 0.25) is 5.91 Å². The first-order valence-corrected chi connectivity index (χ1v) is 9.05. The molecular weight excluding hydrogens is 318 g/mol. The zero-order valence-electron chi connectivity index (χ0n) is 15.3. The summed E-state index contributed by atoms with van der Waals surface area (Å²) in [5.41, 5.74) is 1.32. The van der Waals surface area contributed by atoms with E-state index in [2.05, 4.69) is 15.3 Å². The fourth-order valence-electron chi connectivity index (χ4n) is 4.02. The Morgan fingerprint density at radius 1 is 1.36 bits per heavy atom. The summed E-state index contributed by atoms with van der Waals surface area (Å²) in [5.74, 6) is 1.30. The van der Waals surface area contributed by atoms with Gasteiger partial charge < -0.3 is 15.1 Å². The third-order valence-corrected chi connectivity index (χ3v) is 5.36. The fourth-order valence-corrected chi connectivity index (χ4v) is 4.02. The quantitative estimate of drug-likeness (QED) is 0.872. The molecule has 1 aromatic rings. The maximum Gasteiger partial charge on any atom is 0.257 e. The zero-order valence-corrected chi connectivity index (χ0v) is 15.3. The molecule has 0 bridgehead atoms. The number of nitrogens with zero attached hydrogens (tertiary/aromatic N) is 4. The van der Waals surface area contributed by atoms with Crippen molar-refractivity contribution >= 4 is 11.8 Å². The molecule has 2 aliphatic heterocycles. The molecule has 2 aliphatic rings. The molecule has 1 N–H and O–H groups in total. The van der Waals surface area contributed by atoms with Crippen LogP contribution in [0.25, 0.3) is 0 Å². The van der Waals surface area contributed by atoms with Crippen LogP contribution in [0, 0.1) is 19.8 Å². The molecule has 1 aromatic heterocycles. The highest BCUT2D eigenvalue weighted by molar-refractivity contribution is 5.95. The van der Waals surface area contributed by atoms with Gasteiger partial charge in [0.15, 0.2) is 0 Å². The van der Waals surface area contributed by atoms with E-state index in [0.29, 0.717) is 36.8 Å². The molecule has 2 saturated heterocycles. The van der Waals surface area contributed by atoms with E-state index >= 15 is 0 Å². The second-order valence-electron chi connectivity index (χ2n) is 7.01. The molecule has 2 atom stereocenters. The van der Waals surface area contributed by atoms with Gasteiger partial charge in [0.1, 0.15) is 5.82 Å². The number of aromatic nitrogens is 2. The Bertz CT molecular complexity index is 663. The number of amides is 2. The molecule has 3 rings (SSSR count). The van der Waals surface area contributed by atoms with Gasteiger partial charge in [0, 0.05) is 44.8 Å². The van der Waals surface area contributed by atoms with Crippen LogP contribution >= 0.6 is 0 Å². The van der Waals surface area contributed by atoms with E-state index in [1.54, 1.807) is 6.20 Å². The topological polar surface area (TPSA) is 78.4 Å². The molecule has 0 aliphatic carbocycles. The third-order valence-electron chi connectivity index (χ3n) is 5.36. The Morgan fingerprint density at radius 2 is 2.16 bits per heavy atom. The number of carbonyl (C=O) groups excluding carboxylic acids is 2. The average molecular weight is 345 g/mol. The third kappa shape index (κ3) is 3.66. The summed E-state index contributed by atoms with van der Waals surface area (Å²) in [6.45, 7) is 6.61. The van der Waals surface area contributed by atoms with Crippen LogP contribution in [0.4, 0.5) is 0 Å². The molecule has 2 unspecified atom stereocenters. The standard InChI is InChI=1S/C18H27N5O2/c1-12-15(10-20-13(2)21-12)18(25)22-8-6-16-14(11-22)4-5-17(24)23(16)9-7-19-3/h10,14,16,19H,4-9,11H2,1-3H3. The lowest BCUT2D eigenvalue weighted by atomic mass is 9.83. The highest BCUT2D eigenvalue weighted by atomic mass is 16.2. The molecule has 2 amide bonds. The molecule has 136 valence electrons. The van der Waals surface area contributed by atoms with Crippen LogP contribution in [0.5, 0.6) is 0 Å². The lowest BCUT2D eigenvalue weighted by Crippen LogP contribution is -2.57. The Kier molecular flexibility index (Phi) is 5.32. The lowest BCUT2D eigenvalue weighted by molar-refractivity contribution is -0.140.